The Hall–Kier alpha value is -0.810. The SMILES string of the molecule is C[C@@H]1C(NC(=O)OC(C)(C)C)OOC12CCC(C(C)(C)C)CC2. The van der Waals surface area contributed by atoms with E-state index < -0.39 is 17.9 Å². The number of hydrogen-bond acceptors (Lipinski definition) is 4. The third kappa shape index (κ3) is 4.38. The molecule has 0 radical (unpaired) electrons. The first-order valence-electron chi connectivity index (χ1n) is 8.77. The topological polar surface area (TPSA) is 56.8 Å². The molecule has 2 rings (SSSR count). The van der Waals surface area contributed by atoms with Gasteiger partial charge in [0.25, 0.3) is 0 Å². The summed E-state index contributed by atoms with van der Waals surface area (Å²) in [5.74, 6) is 0.817. The predicted molar refractivity (Wildman–Crippen MR) is 88.6 cm³/mol. The molecule has 2 fully saturated rings. The molecule has 0 aromatic heterocycles. The summed E-state index contributed by atoms with van der Waals surface area (Å²) in [6, 6.07) is 0. The van der Waals surface area contributed by atoms with Crippen molar-refractivity contribution >= 4 is 6.09 Å². The van der Waals surface area contributed by atoms with Crippen LogP contribution >= 0.6 is 0 Å². The molecule has 5 heteroatoms. The molecule has 134 valence electrons. The minimum absolute atomic E-state index is 0.107. The van der Waals surface area contributed by atoms with Crippen LogP contribution in [0.25, 0.3) is 0 Å². The lowest BCUT2D eigenvalue weighted by Crippen LogP contribution is -2.47. The Kier molecular flexibility index (Phi) is 5.03. The average Bonchev–Trinajstić information content (AvgIpc) is 2.66. The van der Waals surface area contributed by atoms with Gasteiger partial charge in [-0.15, -0.1) is 0 Å². The first-order valence-corrected chi connectivity index (χ1v) is 8.77. The van der Waals surface area contributed by atoms with Gasteiger partial charge in [-0.05, 0) is 57.8 Å². The third-order valence-electron chi connectivity index (χ3n) is 5.32. The maximum atomic E-state index is 11.9. The number of nitrogens with one attached hydrogen (secondary N) is 1. The van der Waals surface area contributed by atoms with Gasteiger partial charge in [0.1, 0.15) is 11.2 Å². The molecule has 2 atom stereocenters. The van der Waals surface area contributed by atoms with Gasteiger partial charge in [-0.25, -0.2) is 14.6 Å². The maximum absolute atomic E-state index is 11.9. The van der Waals surface area contributed by atoms with Crippen molar-refractivity contribution in [2.75, 3.05) is 0 Å². The fourth-order valence-electron chi connectivity index (χ4n) is 3.67. The van der Waals surface area contributed by atoms with E-state index in [4.69, 9.17) is 14.5 Å². The Labute approximate surface area is 140 Å². The van der Waals surface area contributed by atoms with Gasteiger partial charge in [0, 0.05) is 5.92 Å². The lowest BCUT2D eigenvalue weighted by atomic mass is 9.65. The summed E-state index contributed by atoms with van der Waals surface area (Å²) < 4.78 is 5.30. The smallest absolute Gasteiger partial charge is 0.409 e. The number of rotatable bonds is 1. The largest absolute Gasteiger partial charge is 0.444 e. The van der Waals surface area contributed by atoms with E-state index in [0.717, 1.165) is 25.7 Å². The summed E-state index contributed by atoms with van der Waals surface area (Å²) in [4.78, 5) is 23.1. The lowest BCUT2D eigenvalue weighted by Gasteiger charge is -2.42. The summed E-state index contributed by atoms with van der Waals surface area (Å²) in [5.41, 5.74) is -0.463. The van der Waals surface area contributed by atoms with Gasteiger partial charge >= 0.3 is 6.09 Å². The van der Waals surface area contributed by atoms with E-state index in [1.54, 1.807) is 0 Å². The number of alkyl carbamates (subject to hydrolysis) is 1. The van der Waals surface area contributed by atoms with Crippen LogP contribution in [0.2, 0.25) is 0 Å². The van der Waals surface area contributed by atoms with Crippen molar-refractivity contribution in [3.8, 4) is 0 Å². The molecule has 0 aromatic rings. The van der Waals surface area contributed by atoms with E-state index >= 15 is 0 Å². The number of carbonyl (C=O) groups excluding carboxylic acids is 1. The summed E-state index contributed by atoms with van der Waals surface area (Å²) >= 11 is 0. The van der Waals surface area contributed by atoms with Crippen molar-refractivity contribution in [2.45, 2.75) is 91.6 Å². The quantitative estimate of drug-likeness (QED) is 0.725. The molecule has 23 heavy (non-hydrogen) atoms. The van der Waals surface area contributed by atoms with Crippen molar-refractivity contribution in [3.63, 3.8) is 0 Å². The molecule has 5 nitrogen and oxygen atoms in total. The van der Waals surface area contributed by atoms with Crippen molar-refractivity contribution in [1.82, 2.24) is 5.32 Å². The van der Waals surface area contributed by atoms with Crippen LogP contribution in [-0.4, -0.2) is 23.5 Å². The summed E-state index contributed by atoms with van der Waals surface area (Å²) in [7, 11) is 0. The van der Waals surface area contributed by atoms with Gasteiger partial charge in [0.2, 0.25) is 0 Å². The number of hydrogen-bond donors (Lipinski definition) is 1. The van der Waals surface area contributed by atoms with Crippen LogP contribution in [0.5, 0.6) is 0 Å². The van der Waals surface area contributed by atoms with E-state index in [1.165, 1.54) is 0 Å². The van der Waals surface area contributed by atoms with Crippen LogP contribution < -0.4 is 5.32 Å². The third-order valence-corrected chi connectivity index (χ3v) is 5.32. The molecule has 1 N–H and O–H groups in total. The average molecular weight is 327 g/mol. The minimum Gasteiger partial charge on any atom is -0.444 e. The molecular formula is C18H33NO4. The van der Waals surface area contributed by atoms with Gasteiger partial charge in [-0.3, -0.25) is 5.32 Å². The second-order valence-electron chi connectivity index (χ2n) is 9.24. The van der Waals surface area contributed by atoms with Crippen molar-refractivity contribution in [3.05, 3.63) is 0 Å². The molecule has 1 saturated carbocycles. The molecule has 1 saturated heterocycles. The highest BCUT2D eigenvalue weighted by Gasteiger charge is 2.52. The minimum atomic E-state index is -0.519. The highest BCUT2D eigenvalue weighted by molar-refractivity contribution is 5.68. The second-order valence-corrected chi connectivity index (χ2v) is 9.24. The van der Waals surface area contributed by atoms with Crippen molar-refractivity contribution < 1.29 is 19.3 Å². The first-order chi connectivity index (χ1) is 10.4. The highest BCUT2D eigenvalue weighted by Crippen LogP contribution is 2.49. The van der Waals surface area contributed by atoms with Gasteiger partial charge in [-0.2, -0.15) is 0 Å². The number of amides is 1. The Balaban J connectivity index is 1.92. The van der Waals surface area contributed by atoms with E-state index in [2.05, 4.69) is 33.0 Å². The van der Waals surface area contributed by atoms with E-state index in [1.807, 2.05) is 20.8 Å². The summed E-state index contributed by atoms with van der Waals surface area (Å²) in [6.07, 6.45) is 3.31. The van der Waals surface area contributed by atoms with Crippen molar-refractivity contribution in [2.24, 2.45) is 17.3 Å². The Morgan fingerprint density at radius 3 is 2.17 bits per heavy atom. The molecule has 0 aromatic carbocycles. The second kappa shape index (κ2) is 6.25. The zero-order chi connectivity index (χ0) is 17.5. The van der Waals surface area contributed by atoms with Crippen LogP contribution in [0.15, 0.2) is 0 Å². The molecule has 1 unspecified atom stereocenters. The van der Waals surface area contributed by atoms with Gasteiger partial charge in [0.15, 0.2) is 6.23 Å². The first kappa shape index (κ1) is 18.5. The molecular weight excluding hydrogens is 294 g/mol. The zero-order valence-electron chi connectivity index (χ0n) is 15.7. The summed E-state index contributed by atoms with van der Waals surface area (Å²) in [5, 5.41) is 2.79. The molecule has 1 amide bonds. The van der Waals surface area contributed by atoms with Crippen LogP contribution in [0.4, 0.5) is 4.79 Å². The molecule has 2 aliphatic rings. The molecule has 1 heterocycles. The van der Waals surface area contributed by atoms with Gasteiger partial charge in [0.05, 0.1) is 0 Å². The van der Waals surface area contributed by atoms with E-state index in [9.17, 15) is 4.79 Å². The van der Waals surface area contributed by atoms with E-state index in [-0.39, 0.29) is 11.5 Å². The van der Waals surface area contributed by atoms with Gasteiger partial charge < -0.3 is 4.74 Å². The number of ether oxygens (including phenoxy) is 1. The van der Waals surface area contributed by atoms with Crippen LogP contribution in [-0.2, 0) is 14.5 Å². The Morgan fingerprint density at radius 1 is 1.13 bits per heavy atom. The van der Waals surface area contributed by atoms with Crippen molar-refractivity contribution in [1.29, 1.82) is 0 Å². The Bertz CT molecular complexity index is 427. The summed E-state index contributed by atoms with van der Waals surface area (Å²) in [6.45, 7) is 14.5. The fraction of sp³-hybridized carbons (Fsp3) is 0.944. The highest BCUT2D eigenvalue weighted by atomic mass is 17.2. The van der Waals surface area contributed by atoms with Gasteiger partial charge in [-0.1, -0.05) is 27.7 Å². The molecule has 1 spiro atoms. The van der Waals surface area contributed by atoms with E-state index in [0.29, 0.717) is 11.3 Å². The van der Waals surface area contributed by atoms with Crippen LogP contribution in [0, 0.1) is 17.3 Å². The molecule has 0 bridgehead atoms. The Morgan fingerprint density at radius 2 is 1.70 bits per heavy atom. The fourth-order valence-corrected chi connectivity index (χ4v) is 3.67. The monoisotopic (exact) mass is 327 g/mol. The van der Waals surface area contributed by atoms with Crippen LogP contribution in [0.1, 0.15) is 74.1 Å². The zero-order valence-corrected chi connectivity index (χ0v) is 15.7. The maximum Gasteiger partial charge on any atom is 0.409 e. The molecule has 1 aliphatic carbocycles. The standard InChI is InChI=1S/C18H33NO4/c1-12-14(19-15(20)21-17(5,6)7)22-23-18(12)10-8-13(9-11-18)16(2,3)4/h12-14H,8-11H2,1-7H3,(H,19,20)/t12-,13?,14?,18?/m1/s1. The predicted octanol–water partition coefficient (Wildman–Crippen LogP) is 4.41. The number of carbonyl (C=O) groups is 1. The normalized spacial score (nSPS) is 35.3. The molecule has 1 aliphatic heterocycles. The van der Waals surface area contributed by atoms with Crippen LogP contribution in [0.3, 0.4) is 0 Å². The lowest BCUT2D eigenvalue weighted by molar-refractivity contribution is -0.335.